The summed E-state index contributed by atoms with van der Waals surface area (Å²) in [6.07, 6.45) is 7.51. The van der Waals surface area contributed by atoms with Gasteiger partial charge in [0.1, 0.15) is 0 Å². The topological polar surface area (TPSA) is 55.3 Å². The standard InChI is InChI=1S/C27H30ClN3O2/c1-27(2,3)25-14-18(9-10-30-25)20-12-21(16-29-15-20)23-8-7-19(13-24(23)28)26(32)31-11-5-6-22(17-31)33-4/h7-10,12-16,22H,5-6,11,17H2,1-4H3. The molecule has 0 saturated carbocycles. The summed E-state index contributed by atoms with van der Waals surface area (Å²) in [4.78, 5) is 23.8. The second-order valence-corrected chi connectivity index (χ2v) is 9.99. The molecule has 33 heavy (non-hydrogen) atoms. The van der Waals surface area contributed by atoms with Gasteiger partial charge in [-0.05, 0) is 48.7 Å². The molecule has 0 N–H and O–H groups in total. The number of rotatable bonds is 4. The Hall–Kier alpha value is -2.76. The predicted molar refractivity (Wildman–Crippen MR) is 133 cm³/mol. The number of piperidine rings is 1. The van der Waals surface area contributed by atoms with E-state index in [9.17, 15) is 4.79 Å². The molecular formula is C27H30ClN3O2. The molecular weight excluding hydrogens is 434 g/mol. The maximum absolute atomic E-state index is 13.0. The van der Waals surface area contributed by atoms with Crippen molar-refractivity contribution >= 4 is 17.5 Å². The zero-order valence-corrected chi connectivity index (χ0v) is 20.4. The van der Waals surface area contributed by atoms with Gasteiger partial charge < -0.3 is 9.64 Å². The zero-order chi connectivity index (χ0) is 23.6. The lowest BCUT2D eigenvalue weighted by Gasteiger charge is -2.32. The second-order valence-electron chi connectivity index (χ2n) is 9.59. The molecule has 1 atom stereocenters. The quantitative estimate of drug-likeness (QED) is 0.475. The van der Waals surface area contributed by atoms with Crippen LogP contribution in [-0.2, 0) is 10.2 Å². The molecule has 1 unspecified atom stereocenters. The highest BCUT2D eigenvalue weighted by molar-refractivity contribution is 6.33. The van der Waals surface area contributed by atoms with Crippen LogP contribution >= 0.6 is 11.6 Å². The fourth-order valence-electron chi connectivity index (χ4n) is 4.15. The van der Waals surface area contributed by atoms with Gasteiger partial charge in [0.05, 0.1) is 6.10 Å². The van der Waals surface area contributed by atoms with E-state index in [2.05, 4.69) is 42.9 Å². The van der Waals surface area contributed by atoms with E-state index in [-0.39, 0.29) is 17.4 Å². The lowest BCUT2D eigenvalue weighted by Crippen LogP contribution is -2.42. The largest absolute Gasteiger partial charge is 0.380 e. The number of hydrogen-bond acceptors (Lipinski definition) is 4. The van der Waals surface area contributed by atoms with Crippen LogP contribution in [0.25, 0.3) is 22.3 Å². The third-order valence-electron chi connectivity index (χ3n) is 6.13. The van der Waals surface area contributed by atoms with Gasteiger partial charge in [0.15, 0.2) is 0 Å². The van der Waals surface area contributed by atoms with Gasteiger partial charge in [0.25, 0.3) is 5.91 Å². The smallest absolute Gasteiger partial charge is 0.253 e. The first-order chi connectivity index (χ1) is 15.8. The maximum atomic E-state index is 13.0. The molecule has 0 radical (unpaired) electrons. The molecule has 1 fully saturated rings. The van der Waals surface area contributed by atoms with E-state index in [1.54, 1.807) is 19.4 Å². The Morgan fingerprint density at radius 2 is 1.88 bits per heavy atom. The van der Waals surface area contributed by atoms with E-state index >= 15 is 0 Å². The molecule has 1 aliphatic heterocycles. The third-order valence-corrected chi connectivity index (χ3v) is 6.44. The van der Waals surface area contributed by atoms with Gasteiger partial charge in [0, 0.05) is 77.2 Å². The Balaban J connectivity index is 1.60. The summed E-state index contributed by atoms with van der Waals surface area (Å²) in [5, 5.41) is 0.533. The van der Waals surface area contributed by atoms with Gasteiger partial charge in [0.2, 0.25) is 0 Å². The number of amides is 1. The highest BCUT2D eigenvalue weighted by Crippen LogP contribution is 2.32. The van der Waals surface area contributed by atoms with Gasteiger partial charge >= 0.3 is 0 Å². The van der Waals surface area contributed by atoms with Crippen LogP contribution in [0.2, 0.25) is 5.02 Å². The first-order valence-corrected chi connectivity index (χ1v) is 11.7. The lowest BCUT2D eigenvalue weighted by atomic mass is 9.90. The number of methoxy groups -OCH3 is 1. The van der Waals surface area contributed by atoms with E-state index in [1.165, 1.54) is 0 Å². The van der Waals surface area contributed by atoms with Crippen LogP contribution in [0.15, 0.2) is 55.0 Å². The molecule has 1 aliphatic rings. The molecule has 3 aromatic rings. The number of nitrogens with zero attached hydrogens (tertiary/aromatic N) is 3. The van der Waals surface area contributed by atoms with Crippen molar-refractivity contribution in [3.63, 3.8) is 0 Å². The number of likely N-dealkylation sites (tertiary alicyclic amines) is 1. The van der Waals surface area contributed by atoms with Gasteiger partial charge in [-0.3, -0.25) is 14.8 Å². The van der Waals surface area contributed by atoms with Crippen LogP contribution in [0.4, 0.5) is 0 Å². The first kappa shape index (κ1) is 23.4. The highest BCUT2D eigenvalue weighted by Gasteiger charge is 2.25. The molecule has 0 spiro atoms. The molecule has 0 aliphatic carbocycles. The van der Waals surface area contributed by atoms with Crippen LogP contribution < -0.4 is 0 Å². The Morgan fingerprint density at radius 1 is 1.09 bits per heavy atom. The third kappa shape index (κ3) is 5.26. The number of pyridine rings is 2. The van der Waals surface area contributed by atoms with Crippen molar-refractivity contribution in [3.8, 4) is 22.3 Å². The minimum atomic E-state index is -0.0373. The fraction of sp³-hybridized carbons (Fsp3) is 0.370. The molecule has 5 nitrogen and oxygen atoms in total. The average molecular weight is 464 g/mol. The van der Waals surface area contributed by atoms with E-state index in [1.807, 2.05) is 35.5 Å². The molecule has 1 amide bonds. The monoisotopic (exact) mass is 463 g/mol. The van der Waals surface area contributed by atoms with Gasteiger partial charge in [-0.15, -0.1) is 0 Å². The van der Waals surface area contributed by atoms with Gasteiger partial charge in [-0.2, -0.15) is 0 Å². The molecule has 0 bridgehead atoms. The number of halogens is 1. The summed E-state index contributed by atoms with van der Waals surface area (Å²) in [7, 11) is 1.70. The Morgan fingerprint density at radius 3 is 2.61 bits per heavy atom. The number of ether oxygens (including phenoxy) is 1. The van der Waals surface area contributed by atoms with Crippen LogP contribution in [0.3, 0.4) is 0 Å². The summed E-state index contributed by atoms with van der Waals surface area (Å²) in [5.41, 5.74) is 5.39. The maximum Gasteiger partial charge on any atom is 0.253 e. The average Bonchev–Trinajstić information content (AvgIpc) is 2.83. The Labute approximate surface area is 200 Å². The Bertz CT molecular complexity index is 1160. The molecule has 1 saturated heterocycles. The van der Waals surface area contributed by atoms with Gasteiger partial charge in [-0.25, -0.2) is 0 Å². The number of aromatic nitrogens is 2. The first-order valence-electron chi connectivity index (χ1n) is 11.3. The molecule has 3 heterocycles. The fourth-order valence-corrected chi connectivity index (χ4v) is 4.43. The van der Waals surface area contributed by atoms with Gasteiger partial charge in [-0.1, -0.05) is 38.4 Å². The highest BCUT2D eigenvalue weighted by atomic mass is 35.5. The zero-order valence-electron chi connectivity index (χ0n) is 19.6. The number of benzene rings is 1. The number of hydrogen-bond donors (Lipinski definition) is 0. The predicted octanol–water partition coefficient (Wildman–Crippen LogP) is 6.01. The summed E-state index contributed by atoms with van der Waals surface area (Å²) in [5.74, 6) is -0.0106. The van der Waals surface area contributed by atoms with E-state index in [0.29, 0.717) is 17.1 Å². The number of carbonyl (C=O) groups excluding carboxylic acids is 1. The van der Waals surface area contributed by atoms with Crippen molar-refractivity contribution < 1.29 is 9.53 Å². The SMILES string of the molecule is COC1CCCN(C(=O)c2ccc(-c3cncc(-c4ccnc(C(C)(C)C)c4)c3)c(Cl)c2)C1. The van der Waals surface area contributed by atoms with Crippen LogP contribution in [0.1, 0.15) is 49.7 Å². The van der Waals surface area contributed by atoms with Crippen molar-refractivity contribution in [2.75, 3.05) is 20.2 Å². The molecule has 1 aromatic carbocycles. The summed E-state index contributed by atoms with van der Waals surface area (Å²) in [6.45, 7) is 7.80. The number of carbonyl (C=O) groups is 1. The van der Waals surface area contributed by atoms with Crippen molar-refractivity contribution in [2.45, 2.75) is 45.1 Å². The minimum absolute atomic E-state index is 0.0106. The van der Waals surface area contributed by atoms with Crippen molar-refractivity contribution in [1.29, 1.82) is 0 Å². The summed E-state index contributed by atoms with van der Waals surface area (Å²) in [6, 6.07) is 11.7. The van der Waals surface area contributed by atoms with E-state index in [4.69, 9.17) is 16.3 Å². The molecule has 6 heteroatoms. The van der Waals surface area contributed by atoms with E-state index < -0.39 is 0 Å². The Kier molecular flexibility index (Phi) is 6.82. The summed E-state index contributed by atoms with van der Waals surface area (Å²) < 4.78 is 5.45. The van der Waals surface area contributed by atoms with Crippen molar-refractivity contribution in [2.24, 2.45) is 0 Å². The van der Waals surface area contributed by atoms with Crippen LogP contribution in [0.5, 0.6) is 0 Å². The summed E-state index contributed by atoms with van der Waals surface area (Å²) >= 11 is 6.65. The normalized spacial score (nSPS) is 16.6. The molecule has 172 valence electrons. The van der Waals surface area contributed by atoms with Crippen LogP contribution in [-0.4, -0.2) is 47.1 Å². The lowest BCUT2D eigenvalue weighted by molar-refractivity contribution is 0.0269. The van der Waals surface area contributed by atoms with E-state index in [0.717, 1.165) is 47.3 Å². The van der Waals surface area contributed by atoms with Crippen molar-refractivity contribution in [3.05, 3.63) is 71.3 Å². The second kappa shape index (κ2) is 9.62. The molecule has 2 aromatic heterocycles. The molecule has 4 rings (SSSR count). The van der Waals surface area contributed by atoms with Crippen molar-refractivity contribution in [1.82, 2.24) is 14.9 Å². The van der Waals surface area contributed by atoms with Crippen LogP contribution in [0, 0.1) is 0 Å². The minimum Gasteiger partial charge on any atom is -0.380 e.